The van der Waals surface area contributed by atoms with Crippen molar-refractivity contribution in [2.24, 2.45) is 0 Å². The van der Waals surface area contributed by atoms with Crippen LogP contribution in [0.5, 0.6) is 5.75 Å². The molecule has 1 heterocycles. The van der Waals surface area contributed by atoms with Gasteiger partial charge >= 0.3 is 0 Å². The molecule has 0 aliphatic carbocycles. The van der Waals surface area contributed by atoms with Crippen LogP contribution in [0.2, 0.25) is 0 Å². The summed E-state index contributed by atoms with van der Waals surface area (Å²) in [6, 6.07) is 6.76. The van der Waals surface area contributed by atoms with Gasteiger partial charge in [-0.05, 0) is 24.3 Å². The fourth-order valence-electron chi connectivity index (χ4n) is 2.42. The van der Waals surface area contributed by atoms with Gasteiger partial charge in [-0.1, -0.05) is 0 Å². The normalized spacial score (nSPS) is 32.9. The second-order valence-electron chi connectivity index (χ2n) is 4.80. The number of nitrogen functional groups attached to an aromatic ring is 1. The number of hydrogen-bond acceptors (Lipinski definition) is 7. The molecule has 1 aliphatic heterocycles. The molecule has 4 N–H and O–H groups in total. The molecular weight excluding hydrogens is 278 g/mol. The lowest BCUT2D eigenvalue weighted by molar-refractivity contribution is -0.288. The number of methoxy groups -OCH3 is 2. The van der Waals surface area contributed by atoms with Gasteiger partial charge in [-0.25, -0.2) is 0 Å². The molecule has 1 aromatic rings. The third-order valence-electron chi connectivity index (χ3n) is 3.49. The summed E-state index contributed by atoms with van der Waals surface area (Å²) in [4.78, 5) is 0. The maximum atomic E-state index is 10.1. The smallest absolute Gasteiger partial charge is 0.195 e. The highest BCUT2D eigenvalue weighted by molar-refractivity contribution is 5.41. The number of aliphatic hydroxyl groups is 2. The van der Waals surface area contributed by atoms with Crippen LogP contribution in [0.1, 0.15) is 0 Å². The maximum absolute atomic E-state index is 10.1. The Morgan fingerprint density at radius 1 is 1.10 bits per heavy atom. The molecule has 1 aliphatic rings. The number of ether oxygens (including phenoxy) is 4. The minimum absolute atomic E-state index is 0.288. The van der Waals surface area contributed by atoms with Crippen molar-refractivity contribution >= 4 is 5.69 Å². The predicted octanol–water partition coefficient (Wildman–Crippen LogP) is -0.244. The summed E-state index contributed by atoms with van der Waals surface area (Å²) in [6.07, 6.45) is -3.85. The van der Waals surface area contributed by atoms with E-state index in [0.29, 0.717) is 11.4 Å². The molecule has 0 aromatic heterocycles. The van der Waals surface area contributed by atoms with Crippen molar-refractivity contribution in [1.29, 1.82) is 0 Å². The van der Waals surface area contributed by atoms with Crippen LogP contribution in [-0.2, 0) is 14.2 Å². The van der Waals surface area contributed by atoms with Gasteiger partial charge < -0.3 is 34.9 Å². The van der Waals surface area contributed by atoms with Gasteiger partial charge in [-0.2, -0.15) is 0 Å². The zero-order valence-electron chi connectivity index (χ0n) is 12.0. The van der Waals surface area contributed by atoms with Gasteiger partial charge in [0, 0.05) is 19.9 Å². The molecule has 0 spiro atoms. The fraction of sp³-hybridized carbons (Fsp3) is 0.571. The van der Waals surface area contributed by atoms with Gasteiger partial charge in [0.2, 0.25) is 0 Å². The van der Waals surface area contributed by atoms with Crippen LogP contribution >= 0.6 is 0 Å². The highest BCUT2D eigenvalue weighted by Crippen LogP contribution is 2.28. The van der Waals surface area contributed by atoms with Crippen molar-refractivity contribution in [1.82, 2.24) is 0 Å². The molecule has 0 unspecified atom stereocenters. The van der Waals surface area contributed by atoms with Crippen molar-refractivity contribution in [3.63, 3.8) is 0 Å². The molecule has 7 heteroatoms. The third-order valence-corrected chi connectivity index (χ3v) is 3.49. The van der Waals surface area contributed by atoms with Crippen LogP contribution in [0.25, 0.3) is 0 Å². The summed E-state index contributed by atoms with van der Waals surface area (Å²) in [5.74, 6) is 0.524. The van der Waals surface area contributed by atoms with E-state index in [9.17, 15) is 10.2 Å². The monoisotopic (exact) mass is 299 g/mol. The molecule has 118 valence electrons. The first-order chi connectivity index (χ1) is 10.1. The topological polar surface area (TPSA) is 103 Å². The van der Waals surface area contributed by atoms with Crippen molar-refractivity contribution in [3.8, 4) is 5.75 Å². The number of nitrogens with two attached hydrogens (primary N) is 1. The first kappa shape index (κ1) is 16.0. The Morgan fingerprint density at radius 2 is 1.71 bits per heavy atom. The van der Waals surface area contributed by atoms with Gasteiger partial charge in [-0.15, -0.1) is 0 Å². The van der Waals surface area contributed by atoms with Crippen LogP contribution in [-0.4, -0.2) is 61.7 Å². The molecule has 0 bridgehead atoms. The summed E-state index contributed by atoms with van der Waals surface area (Å²) < 4.78 is 21.8. The summed E-state index contributed by atoms with van der Waals surface area (Å²) in [7, 11) is 2.98. The molecule has 0 amide bonds. The Hall–Kier alpha value is -1.38. The second kappa shape index (κ2) is 7.06. The van der Waals surface area contributed by atoms with E-state index in [2.05, 4.69) is 0 Å². The minimum atomic E-state index is -1.24. The van der Waals surface area contributed by atoms with E-state index >= 15 is 0 Å². The highest BCUT2D eigenvalue weighted by atomic mass is 16.7. The van der Waals surface area contributed by atoms with Crippen molar-refractivity contribution in [2.45, 2.75) is 30.7 Å². The van der Waals surface area contributed by atoms with Gasteiger partial charge in [0.25, 0.3) is 0 Å². The largest absolute Gasteiger partial charge is 0.482 e. The van der Waals surface area contributed by atoms with E-state index in [0.717, 1.165) is 0 Å². The van der Waals surface area contributed by atoms with Crippen molar-refractivity contribution in [3.05, 3.63) is 24.3 Å². The van der Waals surface area contributed by atoms with Crippen molar-refractivity contribution < 1.29 is 29.2 Å². The molecule has 1 fully saturated rings. The zero-order chi connectivity index (χ0) is 15.4. The van der Waals surface area contributed by atoms with E-state index in [4.69, 9.17) is 24.7 Å². The summed E-state index contributed by atoms with van der Waals surface area (Å²) in [6.45, 7) is -0.288. The number of anilines is 1. The first-order valence-electron chi connectivity index (χ1n) is 6.63. The average Bonchev–Trinajstić information content (AvgIpc) is 2.50. The Kier molecular flexibility index (Phi) is 5.38. The Balaban J connectivity index is 2.17. The average molecular weight is 299 g/mol. The number of aliphatic hydroxyl groups excluding tert-OH is 2. The van der Waals surface area contributed by atoms with E-state index in [1.807, 2.05) is 0 Å². The van der Waals surface area contributed by atoms with Crippen LogP contribution in [0.4, 0.5) is 5.69 Å². The van der Waals surface area contributed by atoms with Gasteiger partial charge in [0.05, 0.1) is 6.61 Å². The summed E-state index contributed by atoms with van der Waals surface area (Å²) >= 11 is 0. The molecular formula is C14H21NO6. The van der Waals surface area contributed by atoms with Gasteiger partial charge in [-0.3, -0.25) is 0 Å². The standard InChI is InChI=1S/C14H21NO6/c1-18-11-10(7-16)21-14(17)13(12(11)19-2)20-9-5-3-8(15)4-6-9/h3-6,10-14,16-17H,7,15H2,1-2H3/t10-,11+,12+,13-,14-/m1/s1. The predicted molar refractivity (Wildman–Crippen MR) is 74.8 cm³/mol. The maximum Gasteiger partial charge on any atom is 0.195 e. The van der Waals surface area contributed by atoms with E-state index in [-0.39, 0.29) is 6.61 Å². The highest BCUT2D eigenvalue weighted by Gasteiger charge is 2.47. The van der Waals surface area contributed by atoms with E-state index < -0.39 is 30.7 Å². The third kappa shape index (κ3) is 3.45. The van der Waals surface area contributed by atoms with Gasteiger partial charge in [0.15, 0.2) is 12.4 Å². The van der Waals surface area contributed by atoms with Crippen LogP contribution < -0.4 is 10.5 Å². The first-order valence-corrected chi connectivity index (χ1v) is 6.63. The molecule has 1 aromatic carbocycles. The lowest BCUT2D eigenvalue weighted by atomic mass is 9.98. The quantitative estimate of drug-likeness (QED) is 0.644. The molecule has 0 saturated carbocycles. The minimum Gasteiger partial charge on any atom is -0.482 e. The molecule has 0 radical (unpaired) electrons. The molecule has 5 atom stereocenters. The number of hydrogen-bond donors (Lipinski definition) is 3. The Bertz CT molecular complexity index is 440. The van der Waals surface area contributed by atoms with Gasteiger partial charge in [0.1, 0.15) is 24.1 Å². The lowest BCUT2D eigenvalue weighted by Crippen LogP contribution is -2.61. The van der Waals surface area contributed by atoms with E-state index in [1.54, 1.807) is 24.3 Å². The van der Waals surface area contributed by atoms with Crippen LogP contribution in [0.3, 0.4) is 0 Å². The van der Waals surface area contributed by atoms with Crippen LogP contribution in [0, 0.1) is 0 Å². The summed E-state index contributed by atoms with van der Waals surface area (Å²) in [5.41, 5.74) is 6.23. The zero-order valence-corrected chi connectivity index (χ0v) is 12.0. The number of rotatable bonds is 5. The molecule has 2 rings (SSSR count). The molecule has 1 saturated heterocycles. The molecule has 21 heavy (non-hydrogen) atoms. The number of benzene rings is 1. The summed E-state index contributed by atoms with van der Waals surface area (Å²) in [5, 5.41) is 19.4. The lowest BCUT2D eigenvalue weighted by Gasteiger charge is -2.42. The van der Waals surface area contributed by atoms with Crippen LogP contribution in [0.15, 0.2) is 24.3 Å². The van der Waals surface area contributed by atoms with Crippen molar-refractivity contribution in [2.75, 3.05) is 26.6 Å². The second-order valence-corrected chi connectivity index (χ2v) is 4.80. The fourth-order valence-corrected chi connectivity index (χ4v) is 2.42. The Labute approximate surface area is 123 Å². The molecule has 7 nitrogen and oxygen atoms in total. The van der Waals surface area contributed by atoms with E-state index in [1.165, 1.54) is 14.2 Å². The SMILES string of the molecule is CO[C@@H]1[C@@H](Oc2ccc(N)cc2)[C@H](O)O[C@H](CO)[C@@H]1OC. The Morgan fingerprint density at radius 3 is 2.24 bits per heavy atom.